The fraction of sp³-hybridized carbons (Fsp3) is 0.368. The molecular formula is C19H22BrClN2O2S2. The first-order valence-corrected chi connectivity index (χ1v) is 11.7. The zero-order valence-electron chi connectivity index (χ0n) is 15.1. The van der Waals surface area contributed by atoms with Crippen LogP contribution in [0.2, 0.25) is 5.02 Å². The summed E-state index contributed by atoms with van der Waals surface area (Å²) in [5.74, 6) is 1.18. The lowest BCUT2D eigenvalue weighted by Crippen LogP contribution is -2.50. The largest absolute Gasteiger partial charge is 0.353 e. The third kappa shape index (κ3) is 7.14. The molecule has 0 aliphatic heterocycles. The number of rotatable bonds is 9. The third-order valence-corrected chi connectivity index (χ3v) is 6.92. The van der Waals surface area contributed by atoms with Gasteiger partial charge in [0.05, 0.1) is 14.4 Å². The van der Waals surface area contributed by atoms with E-state index in [-0.39, 0.29) is 17.7 Å². The molecule has 1 heterocycles. The predicted molar refractivity (Wildman–Crippen MR) is 119 cm³/mol. The van der Waals surface area contributed by atoms with Crippen molar-refractivity contribution in [3.63, 3.8) is 0 Å². The molecule has 1 atom stereocenters. The molecule has 0 saturated carbocycles. The van der Waals surface area contributed by atoms with Gasteiger partial charge < -0.3 is 10.6 Å². The van der Waals surface area contributed by atoms with Crippen molar-refractivity contribution in [1.82, 2.24) is 10.6 Å². The highest BCUT2D eigenvalue weighted by molar-refractivity contribution is 9.11. The summed E-state index contributed by atoms with van der Waals surface area (Å²) < 4.78 is 1.13. The minimum absolute atomic E-state index is 0.0347. The van der Waals surface area contributed by atoms with Crippen molar-refractivity contribution in [2.24, 2.45) is 5.92 Å². The lowest BCUT2D eigenvalue weighted by Gasteiger charge is -2.22. The summed E-state index contributed by atoms with van der Waals surface area (Å²) in [5, 5.41) is 6.08. The van der Waals surface area contributed by atoms with Gasteiger partial charge in [0, 0.05) is 22.9 Å². The molecule has 0 aliphatic rings. The van der Waals surface area contributed by atoms with Crippen LogP contribution in [0.5, 0.6) is 0 Å². The van der Waals surface area contributed by atoms with Crippen molar-refractivity contribution in [3.05, 3.63) is 55.6 Å². The molecule has 0 fully saturated rings. The Bertz CT molecular complexity index is 783. The summed E-state index contributed by atoms with van der Waals surface area (Å²) in [7, 11) is 0. The molecule has 0 bridgehead atoms. The highest BCUT2D eigenvalue weighted by Crippen LogP contribution is 2.25. The van der Waals surface area contributed by atoms with Crippen molar-refractivity contribution in [3.8, 4) is 0 Å². The molecule has 1 aromatic carbocycles. The number of thioether (sulfide) groups is 1. The highest BCUT2D eigenvalue weighted by atomic mass is 79.9. The van der Waals surface area contributed by atoms with E-state index in [2.05, 4.69) is 32.6 Å². The number of halogens is 2. The lowest BCUT2D eigenvalue weighted by molar-refractivity contribution is -0.123. The maximum absolute atomic E-state index is 12.5. The van der Waals surface area contributed by atoms with E-state index >= 15 is 0 Å². The van der Waals surface area contributed by atoms with Gasteiger partial charge in [-0.25, -0.2) is 0 Å². The average Bonchev–Trinajstić information content (AvgIpc) is 3.04. The minimum Gasteiger partial charge on any atom is -0.353 e. The second kappa shape index (κ2) is 11.1. The molecule has 2 N–H and O–H groups in total. The van der Waals surface area contributed by atoms with Gasteiger partial charge in [0.1, 0.15) is 6.04 Å². The summed E-state index contributed by atoms with van der Waals surface area (Å²) in [6.45, 7) is 4.36. The summed E-state index contributed by atoms with van der Waals surface area (Å²) in [4.78, 5) is 26.2. The Hall–Kier alpha value is -1.02. The molecule has 2 rings (SSSR count). The number of hydrogen-bond acceptors (Lipinski definition) is 4. The monoisotopic (exact) mass is 488 g/mol. The number of nitrogens with one attached hydrogen (secondary N) is 2. The van der Waals surface area contributed by atoms with Crippen molar-refractivity contribution in [2.45, 2.75) is 25.6 Å². The van der Waals surface area contributed by atoms with E-state index in [9.17, 15) is 9.59 Å². The molecule has 0 radical (unpaired) electrons. The van der Waals surface area contributed by atoms with Crippen molar-refractivity contribution < 1.29 is 9.59 Å². The van der Waals surface area contributed by atoms with Crippen LogP contribution in [0.15, 0.2) is 40.2 Å². The standard InChI is InChI=1S/C19H22BrClN2O2S2/c1-12(2)17(23-18(24)14-5-3-4-6-15(14)21)19(25)22-9-10-26-11-13-7-8-16(20)27-13/h3-8,12,17H,9-11H2,1-2H3,(H,22,25)(H,23,24). The van der Waals surface area contributed by atoms with Gasteiger partial charge in [-0.1, -0.05) is 37.6 Å². The summed E-state index contributed by atoms with van der Waals surface area (Å²) in [6, 6.07) is 10.3. The molecule has 2 amide bonds. The molecule has 2 aromatic rings. The first-order chi connectivity index (χ1) is 12.9. The van der Waals surface area contributed by atoms with Gasteiger partial charge in [-0.3, -0.25) is 9.59 Å². The smallest absolute Gasteiger partial charge is 0.253 e. The number of carbonyl (C=O) groups is 2. The van der Waals surface area contributed by atoms with E-state index in [1.165, 1.54) is 4.88 Å². The van der Waals surface area contributed by atoms with E-state index in [4.69, 9.17) is 11.6 Å². The van der Waals surface area contributed by atoms with Crippen LogP contribution in [-0.4, -0.2) is 30.2 Å². The van der Waals surface area contributed by atoms with Gasteiger partial charge in [0.25, 0.3) is 5.91 Å². The molecule has 0 aliphatic carbocycles. The number of hydrogen-bond donors (Lipinski definition) is 2. The molecule has 27 heavy (non-hydrogen) atoms. The van der Waals surface area contributed by atoms with Crippen LogP contribution in [0, 0.1) is 5.92 Å². The topological polar surface area (TPSA) is 58.2 Å². The second-order valence-corrected chi connectivity index (χ2v) is 10.3. The van der Waals surface area contributed by atoms with Gasteiger partial charge in [-0.05, 0) is 46.1 Å². The van der Waals surface area contributed by atoms with Crippen LogP contribution in [0.1, 0.15) is 29.1 Å². The molecule has 0 spiro atoms. The SMILES string of the molecule is CC(C)C(NC(=O)c1ccccc1Cl)C(=O)NCCSCc1ccc(Br)s1. The van der Waals surface area contributed by atoms with E-state index in [1.807, 2.05) is 19.9 Å². The van der Waals surface area contributed by atoms with Gasteiger partial charge in [-0.15, -0.1) is 11.3 Å². The average molecular weight is 490 g/mol. The normalized spacial score (nSPS) is 12.0. The van der Waals surface area contributed by atoms with Gasteiger partial charge >= 0.3 is 0 Å². The zero-order valence-corrected chi connectivity index (χ0v) is 19.1. The van der Waals surface area contributed by atoms with E-state index in [1.54, 1.807) is 47.4 Å². The van der Waals surface area contributed by atoms with Crippen LogP contribution >= 0.6 is 50.6 Å². The summed E-state index contributed by atoms with van der Waals surface area (Å²) in [5.41, 5.74) is 0.371. The number of thiophene rings is 1. The zero-order chi connectivity index (χ0) is 19.8. The van der Waals surface area contributed by atoms with Gasteiger partial charge in [-0.2, -0.15) is 11.8 Å². The van der Waals surface area contributed by atoms with E-state index in [0.717, 1.165) is 15.3 Å². The highest BCUT2D eigenvalue weighted by Gasteiger charge is 2.25. The quantitative estimate of drug-likeness (QED) is 0.489. The number of carbonyl (C=O) groups excluding carboxylic acids is 2. The van der Waals surface area contributed by atoms with Crippen molar-refractivity contribution >= 4 is 62.4 Å². The number of amides is 2. The van der Waals surface area contributed by atoms with Gasteiger partial charge in [0.2, 0.25) is 5.91 Å². The Balaban J connectivity index is 1.80. The molecule has 0 saturated heterocycles. The summed E-state index contributed by atoms with van der Waals surface area (Å²) in [6.07, 6.45) is 0. The van der Waals surface area contributed by atoms with Crippen molar-refractivity contribution in [1.29, 1.82) is 0 Å². The molecular weight excluding hydrogens is 468 g/mol. The third-order valence-electron chi connectivity index (χ3n) is 3.77. The van der Waals surface area contributed by atoms with Crippen LogP contribution < -0.4 is 10.6 Å². The summed E-state index contributed by atoms with van der Waals surface area (Å²) >= 11 is 13.0. The fourth-order valence-electron chi connectivity index (χ4n) is 2.36. The second-order valence-electron chi connectivity index (χ2n) is 6.22. The maximum Gasteiger partial charge on any atom is 0.253 e. The molecule has 1 unspecified atom stereocenters. The van der Waals surface area contributed by atoms with Crippen LogP contribution in [0.25, 0.3) is 0 Å². The maximum atomic E-state index is 12.5. The van der Waals surface area contributed by atoms with E-state index in [0.29, 0.717) is 17.1 Å². The predicted octanol–water partition coefficient (Wildman–Crippen LogP) is 4.97. The fourth-order valence-corrected chi connectivity index (χ4v) is 5.03. The van der Waals surface area contributed by atoms with E-state index < -0.39 is 6.04 Å². The first kappa shape index (κ1) is 22.3. The van der Waals surface area contributed by atoms with Crippen LogP contribution in [0.4, 0.5) is 0 Å². The Morgan fingerprint density at radius 3 is 2.59 bits per heavy atom. The molecule has 1 aromatic heterocycles. The number of benzene rings is 1. The Morgan fingerprint density at radius 1 is 1.22 bits per heavy atom. The van der Waals surface area contributed by atoms with Crippen LogP contribution in [-0.2, 0) is 10.5 Å². The Kier molecular flexibility index (Phi) is 9.15. The minimum atomic E-state index is -0.605. The van der Waals surface area contributed by atoms with Crippen LogP contribution in [0.3, 0.4) is 0 Å². The Labute approximate surface area is 181 Å². The van der Waals surface area contributed by atoms with Gasteiger partial charge in [0.15, 0.2) is 0 Å². The van der Waals surface area contributed by atoms with Crippen molar-refractivity contribution in [2.75, 3.05) is 12.3 Å². The Morgan fingerprint density at radius 2 is 1.96 bits per heavy atom. The molecule has 8 heteroatoms. The first-order valence-electron chi connectivity index (χ1n) is 8.53. The lowest BCUT2D eigenvalue weighted by atomic mass is 10.0. The molecule has 146 valence electrons. The molecule has 4 nitrogen and oxygen atoms in total.